The lowest BCUT2D eigenvalue weighted by atomic mass is 10.0. The number of amidine groups is 1. The van der Waals surface area contributed by atoms with Gasteiger partial charge < -0.3 is 29.7 Å². The van der Waals surface area contributed by atoms with Crippen LogP contribution in [0.5, 0.6) is 5.75 Å². The van der Waals surface area contributed by atoms with Crippen LogP contribution in [0.25, 0.3) is 10.8 Å². The number of hydrogen-bond acceptors (Lipinski definition) is 9. The van der Waals surface area contributed by atoms with Crippen LogP contribution in [0.4, 0.5) is 10.5 Å². The first kappa shape index (κ1) is 33.2. The van der Waals surface area contributed by atoms with Crippen LogP contribution in [-0.4, -0.2) is 49.7 Å². The third kappa shape index (κ3) is 7.78. The molecule has 258 valence electrons. The van der Waals surface area contributed by atoms with Crippen LogP contribution in [0.3, 0.4) is 0 Å². The molecule has 0 saturated carbocycles. The van der Waals surface area contributed by atoms with Gasteiger partial charge >= 0.3 is 12.1 Å². The molecule has 2 aliphatic rings. The van der Waals surface area contributed by atoms with Gasteiger partial charge in [-0.2, -0.15) is 0 Å². The summed E-state index contributed by atoms with van der Waals surface area (Å²) in [5.41, 5.74) is 3.69. The molecule has 1 saturated heterocycles. The van der Waals surface area contributed by atoms with Gasteiger partial charge in [0, 0.05) is 22.4 Å². The maximum Gasteiger partial charge on any atom is 0.414 e. The summed E-state index contributed by atoms with van der Waals surface area (Å²) in [6.07, 6.45) is -1.34. The number of oxime groups is 1. The second-order valence-corrected chi connectivity index (χ2v) is 12.1. The van der Waals surface area contributed by atoms with Gasteiger partial charge in [0.05, 0.1) is 25.6 Å². The van der Waals surface area contributed by atoms with Crippen LogP contribution < -0.4 is 20.3 Å². The van der Waals surface area contributed by atoms with Crippen LogP contribution in [0.15, 0.2) is 126 Å². The Bertz CT molecular complexity index is 2050. The van der Waals surface area contributed by atoms with E-state index in [4.69, 9.17) is 19.0 Å². The summed E-state index contributed by atoms with van der Waals surface area (Å²) in [6, 6.07) is 37.0. The molecule has 2 heterocycles. The molecule has 11 nitrogen and oxygen atoms in total. The molecule has 51 heavy (non-hydrogen) atoms. The lowest BCUT2D eigenvalue weighted by molar-refractivity contribution is -0.143. The van der Waals surface area contributed by atoms with Gasteiger partial charge in [0.2, 0.25) is 6.23 Å². The predicted octanol–water partition coefficient (Wildman–Crippen LogP) is 6.65. The van der Waals surface area contributed by atoms with E-state index >= 15 is 0 Å². The number of carbonyl (C=O) groups is 3. The van der Waals surface area contributed by atoms with E-state index in [9.17, 15) is 14.4 Å². The van der Waals surface area contributed by atoms with Crippen molar-refractivity contribution in [3.63, 3.8) is 0 Å². The Labute approximate surface area is 294 Å². The molecule has 5 aromatic rings. The van der Waals surface area contributed by atoms with Gasteiger partial charge in [-0.15, -0.1) is 0 Å². The average Bonchev–Trinajstić information content (AvgIpc) is 3.81. The van der Waals surface area contributed by atoms with E-state index < -0.39 is 24.2 Å². The molecule has 0 aliphatic carbocycles. The lowest BCUT2D eigenvalue weighted by Gasteiger charge is -2.19. The molecule has 5 aromatic carbocycles. The minimum Gasteiger partial charge on any atom is -0.490 e. The average molecular weight is 685 g/mol. The molecule has 7 rings (SSSR count). The number of rotatable bonds is 12. The molecule has 2 amide bonds. The van der Waals surface area contributed by atoms with E-state index in [0.29, 0.717) is 34.9 Å². The first-order valence-electron chi connectivity index (χ1n) is 16.8. The quantitative estimate of drug-likeness (QED) is 0.140. The highest BCUT2D eigenvalue weighted by Gasteiger charge is 2.33. The highest BCUT2D eigenvalue weighted by atomic mass is 16.7. The first-order valence-corrected chi connectivity index (χ1v) is 16.8. The molecule has 0 radical (unpaired) electrons. The van der Waals surface area contributed by atoms with Crippen molar-refractivity contribution in [3.8, 4) is 5.75 Å². The minimum absolute atomic E-state index is 0.0329. The molecule has 0 bridgehead atoms. The monoisotopic (exact) mass is 684 g/mol. The summed E-state index contributed by atoms with van der Waals surface area (Å²) >= 11 is 0. The third-order valence-corrected chi connectivity index (χ3v) is 8.66. The Kier molecular flexibility index (Phi) is 9.77. The van der Waals surface area contributed by atoms with Crippen molar-refractivity contribution in [1.29, 1.82) is 0 Å². The number of nitrogens with one attached hydrogen (secondary N) is 2. The van der Waals surface area contributed by atoms with Crippen molar-refractivity contribution in [2.24, 2.45) is 5.16 Å². The van der Waals surface area contributed by atoms with Crippen molar-refractivity contribution >= 4 is 40.3 Å². The van der Waals surface area contributed by atoms with Gasteiger partial charge in [0.1, 0.15) is 12.4 Å². The zero-order valence-electron chi connectivity index (χ0n) is 27.9. The molecule has 2 N–H and O–H groups in total. The molecule has 1 fully saturated rings. The predicted molar refractivity (Wildman–Crippen MR) is 191 cm³/mol. The van der Waals surface area contributed by atoms with Gasteiger partial charge in [-0.25, -0.2) is 4.79 Å². The molecular formula is C40H36N4O7. The molecular weight excluding hydrogens is 648 g/mol. The summed E-state index contributed by atoms with van der Waals surface area (Å²) in [4.78, 5) is 45.6. The molecule has 3 atom stereocenters. The van der Waals surface area contributed by atoms with E-state index in [0.717, 1.165) is 21.9 Å². The standard InChI is InChI=1S/C40H36N4O7/c1-2-48-36(45)23-35(41-38(46)31-13-12-26-8-6-7-11-30(26)22-31)27-16-20-33(21-17-27)49-25-34-24-44(40(47)50-34)32-18-14-28(15-19-32)37-42-39(51-43-37)29-9-4-3-5-10-29/h3-22,34-35,39H,2,23-25H2,1H3,(H,41,46)(H,42,43). The van der Waals surface area contributed by atoms with E-state index in [-0.39, 0.29) is 31.8 Å². The lowest BCUT2D eigenvalue weighted by Crippen LogP contribution is -2.30. The van der Waals surface area contributed by atoms with Crippen molar-refractivity contribution in [3.05, 3.63) is 144 Å². The SMILES string of the molecule is CCOC(=O)CC(NC(=O)c1ccc2ccccc2c1)c1ccc(OCC2CN(c3ccc(C4=NOC(c5ccccc5)N4)cc3)C(=O)O2)cc1. The van der Waals surface area contributed by atoms with Crippen LogP contribution >= 0.6 is 0 Å². The summed E-state index contributed by atoms with van der Waals surface area (Å²) in [7, 11) is 0. The van der Waals surface area contributed by atoms with Crippen molar-refractivity contribution in [2.45, 2.75) is 31.7 Å². The molecule has 11 heteroatoms. The molecule has 2 aliphatic heterocycles. The highest BCUT2D eigenvalue weighted by molar-refractivity contribution is 6.00. The minimum atomic E-state index is -0.623. The largest absolute Gasteiger partial charge is 0.490 e. The zero-order chi connectivity index (χ0) is 35.2. The van der Waals surface area contributed by atoms with E-state index in [1.807, 2.05) is 91.0 Å². The highest BCUT2D eigenvalue weighted by Crippen LogP contribution is 2.27. The number of amides is 2. The van der Waals surface area contributed by atoms with Crippen molar-refractivity contribution in [1.82, 2.24) is 10.6 Å². The number of benzene rings is 5. The maximum atomic E-state index is 13.3. The molecule has 0 aromatic heterocycles. The number of esters is 1. The molecule has 3 unspecified atom stereocenters. The Hall–Kier alpha value is -6.36. The van der Waals surface area contributed by atoms with E-state index in [1.54, 1.807) is 42.2 Å². The zero-order valence-corrected chi connectivity index (χ0v) is 27.9. The third-order valence-electron chi connectivity index (χ3n) is 8.66. The second kappa shape index (κ2) is 15.0. The number of nitrogens with zero attached hydrogens (tertiary/aromatic N) is 2. The summed E-state index contributed by atoms with van der Waals surface area (Å²) in [5, 5.41) is 12.4. The van der Waals surface area contributed by atoms with E-state index in [2.05, 4.69) is 15.8 Å². The number of fused-ring (bicyclic) bond motifs is 1. The van der Waals surface area contributed by atoms with Crippen LogP contribution in [0.1, 0.15) is 52.7 Å². The van der Waals surface area contributed by atoms with E-state index in [1.165, 1.54) is 0 Å². The Morgan fingerprint density at radius 3 is 2.43 bits per heavy atom. The second-order valence-electron chi connectivity index (χ2n) is 12.1. The van der Waals surface area contributed by atoms with Crippen LogP contribution in [-0.2, 0) is 19.1 Å². The Morgan fingerprint density at radius 2 is 1.67 bits per heavy atom. The normalized spacial score (nSPS) is 17.2. The molecule has 0 spiro atoms. The fourth-order valence-corrected chi connectivity index (χ4v) is 6.01. The number of ether oxygens (including phenoxy) is 3. The number of cyclic esters (lactones) is 1. The van der Waals surface area contributed by atoms with Gasteiger partial charge in [-0.1, -0.05) is 78.0 Å². The first-order chi connectivity index (χ1) is 24.9. The summed E-state index contributed by atoms with van der Waals surface area (Å²) < 4.78 is 16.8. The van der Waals surface area contributed by atoms with Gasteiger partial charge in [0.15, 0.2) is 11.9 Å². The smallest absolute Gasteiger partial charge is 0.414 e. The number of anilines is 1. The van der Waals surface area contributed by atoms with Crippen LogP contribution in [0, 0.1) is 0 Å². The fourth-order valence-electron chi connectivity index (χ4n) is 6.01. The summed E-state index contributed by atoms with van der Waals surface area (Å²) in [6.45, 7) is 2.44. The number of carbonyl (C=O) groups excluding carboxylic acids is 3. The van der Waals surface area contributed by atoms with Crippen molar-refractivity contribution in [2.75, 3.05) is 24.7 Å². The topological polar surface area (TPSA) is 128 Å². The van der Waals surface area contributed by atoms with Gasteiger partial charge in [-0.3, -0.25) is 14.5 Å². The summed E-state index contributed by atoms with van der Waals surface area (Å²) in [5.74, 6) is 0.441. The fraction of sp³-hybridized carbons (Fsp3) is 0.200. The van der Waals surface area contributed by atoms with Gasteiger partial charge in [-0.05, 0) is 71.8 Å². The maximum absolute atomic E-state index is 13.3. The Balaban J connectivity index is 0.944. The van der Waals surface area contributed by atoms with Crippen molar-refractivity contribution < 1.29 is 33.4 Å². The number of hydrogen-bond donors (Lipinski definition) is 2. The van der Waals surface area contributed by atoms with Crippen LogP contribution in [0.2, 0.25) is 0 Å². The Morgan fingerprint density at radius 1 is 0.922 bits per heavy atom. The van der Waals surface area contributed by atoms with Gasteiger partial charge in [0.25, 0.3) is 5.91 Å².